The maximum atomic E-state index is 12.9. The Morgan fingerprint density at radius 3 is 2.73 bits per heavy atom. The van der Waals surface area contributed by atoms with Crippen molar-refractivity contribution in [1.82, 2.24) is 9.80 Å². The van der Waals surface area contributed by atoms with Gasteiger partial charge in [-0.1, -0.05) is 0 Å². The van der Waals surface area contributed by atoms with E-state index in [9.17, 15) is 14.4 Å². The number of hydrogen-bond donors (Lipinski definition) is 0. The van der Waals surface area contributed by atoms with Crippen LogP contribution in [0, 0.1) is 5.92 Å². The summed E-state index contributed by atoms with van der Waals surface area (Å²) in [5, 5.41) is 0. The number of nitrogens with zero attached hydrogens (tertiary/aromatic N) is 2. The summed E-state index contributed by atoms with van der Waals surface area (Å²) in [4.78, 5) is 40.6. The predicted molar refractivity (Wildman–Crippen MR) is 107 cm³/mol. The van der Waals surface area contributed by atoms with Crippen LogP contribution in [0.5, 0.6) is 17.2 Å². The summed E-state index contributed by atoms with van der Waals surface area (Å²) in [7, 11) is 3.06. The van der Waals surface area contributed by atoms with Crippen LogP contribution in [0.25, 0.3) is 0 Å². The van der Waals surface area contributed by atoms with Gasteiger partial charge in [0.15, 0.2) is 11.5 Å². The number of benzene rings is 1. The van der Waals surface area contributed by atoms with E-state index in [0.29, 0.717) is 62.1 Å². The molecule has 30 heavy (non-hydrogen) atoms. The Bertz CT molecular complexity index is 794. The van der Waals surface area contributed by atoms with Crippen LogP contribution >= 0.6 is 0 Å². The third-order valence-corrected chi connectivity index (χ3v) is 5.19. The van der Waals surface area contributed by atoms with Gasteiger partial charge in [-0.3, -0.25) is 14.4 Å². The van der Waals surface area contributed by atoms with Gasteiger partial charge in [-0.15, -0.1) is 0 Å². The number of methoxy groups -OCH3 is 1. The molecule has 1 saturated heterocycles. The SMILES string of the molecule is CCOC(=O)C1CCCN(C(=O)CN(C)C(=O)c2cc(OC)c3c(c2)OCCO3)C1. The zero-order valence-corrected chi connectivity index (χ0v) is 17.6. The Balaban J connectivity index is 1.65. The molecule has 0 saturated carbocycles. The van der Waals surface area contributed by atoms with Crippen LogP contribution in [0.2, 0.25) is 0 Å². The quantitative estimate of drug-likeness (QED) is 0.641. The number of fused-ring (bicyclic) bond motifs is 1. The number of carbonyl (C=O) groups is 3. The number of rotatable bonds is 6. The molecule has 0 spiro atoms. The Labute approximate surface area is 175 Å². The molecule has 2 heterocycles. The lowest BCUT2D eigenvalue weighted by Crippen LogP contribution is -2.47. The molecule has 0 aromatic heterocycles. The lowest BCUT2D eigenvalue weighted by atomic mass is 9.98. The van der Waals surface area contributed by atoms with Gasteiger partial charge in [0.05, 0.1) is 26.2 Å². The van der Waals surface area contributed by atoms with Crippen molar-refractivity contribution in [3.05, 3.63) is 17.7 Å². The summed E-state index contributed by atoms with van der Waals surface area (Å²) in [5.41, 5.74) is 0.342. The highest BCUT2D eigenvalue weighted by Crippen LogP contribution is 2.40. The number of hydrogen-bond acceptors (Lipinski definition) is 7. The van der Waals surface area contributed by atoms with Gasteiger partial charge in [0.25, 0.3) is 5.91 Å². The smallest absolute Gasteiger partial charge is 0.310 e. The average Bonchev–Trinajstić information content (AvgIpc) is 2.77. The fourth-order valence-electron chi connectivity index (χ4n) is 3.65. The van der Waals surface area contributed by atoms with Crippen molar-refractivity contribution in [2.24, 2.45) is 5.92 Å². The van der Waals surface area contributed by atoms with Crippen LogP contribution in [-0.2, 0) is 14.3 Å². The first-order valence-electron chi connectivity index (χ1n) is 10.1. The van der Waals surface area contributed by atoms with Gasteiger partial charge in [0.1, 0.15) is 13.2 Å². The zero-order valence-electron chi connectivity index (χ0n) is 17.6. The molecule has 0 radical (unpaired) electrons. The zero-order chi connectivity index (χ0) is 21.7. The molecule has 1 unspecified atom stereocenters. The summed E-state index contributed by atoms with van der Waals surface area (Å²) in [6.45, 7) is 3.67. The van der Waals surface area contributed by atoms with E-state index >= 15 is 0 Å². The molecule has 1 aromatic rings. The summed E-state index contributed by atoms with van der Waals surface area (Å²) < 4.78 is 21.5. The largest absolute Gasteiger partial charge is 0.493 e. The fraction of sp³-hybridized carbons (Fsp3) is 0.571. The van der Waals surface area contributed by atoms with E-state index in [-0.39, 0.29) is 30.2 Å². The van der Waals surface area contributed by atoms with Crippen molar-refractivity contribution in [2.75, 3.05) is 53.6 Å². The highest BCUT2D eigenvalue weighted by atomic mass is 16.6. The number of piperidine rings is 1. The molecular weight excluding hydrogens is 392 g/mol. The minimum absolute atomic E-state index is 0.0921. The fourth-order valence-corrected chi connectivity index (χ4v) is 3.65. The van der Waals surface area contributed by atoms with Crippen LogP contribution in [0.4, 0.5) is 0 Å². The van der Waals surface area contributed by atoms with E-state index in [1.165, 1.54) is 12.0 Å². The first-order valence-corrected chi connectivity index (χ1v) is 10.1. The van der Waals surface area contributed by atoms with Crippen molar-refractivity contribution in [3.8, 4) is 17.2 Å². The van der Waals surface area contributed by atoms with Crippen LogP contribution in [0.15, 0.2) is 12.1 Å². The van der Waals surface area contributed by atoms with E-state index in [2.05, 4.69) is 0 Å². The van der Waals surface area contributed by atoms with Gasteiger partial charge in [-0.05, 0) is 31.9 Å². The normalized spacial score (nSPS) is 17.8. The minimum atomic E-state index is -0.336. The molecule has 1 atom stereocenters. The number of likely N-dealkylation sites (tertiary alicyclic amines) is 1. The van der Waals surface area contributed by atoms with Crippen molar-refractivity contribution >= 4 is 17.8 Å². The predicted octanol–water partition coefficient (Wildman–Crippen LogP) is 1.34. The summed E-state index contributed by atoms with van der Waals surface area (Å²) in [6.07, 6.45) is 1.43. The number of carbonyl (C=O) groups excluding carboxylic acids is 3. The Morgan fingerprint density at radius 1 is 1.23 bits per heavy atom. The van der Waals surface area contributed by atoms with Gasteiger partial charge in [-0.2, -0.15) is 0 Å². The second-order valence-corrected chi connectivity index (χ2v) is 7.29. The van der Waals surface area contributed by atoms with Crippen molar-refractivity contribution in [2.45, 2.75) is 19.8 Å². The van der Waals surface area contributed by atoms with E-state index in [1.54, 1.807) is 31.0 Å². The van der Waals surface area contributed by atoms with Gasteiger partial charge in [0, 0.05) is 25.7 Å². The monoisotopic (exact) mass is 420 g/mol. The molecule has 1 fully saturated rings. The number of esters is 1. The lowest BCUT2D eigenvalue weighted by Gasteiger charge is -2.32. The van der Waals surface area contributed by atoms with Crippen LogP contribution < -0.4 is 14.2 Å². The molecule has 0 bridgehead atoms. The molecule has 2 amide bonds. The molecule has 0 aliphatic carbocycles. The summed E-state index contributed by atoms with van der Waals surface area (Å²) >= 11 is 0. The topological polar surface area (TPSA) is 94.6 Å². The minimum Gasteiger partial charge on any atom is -0.493 e. The lowest BCUT2D eigenvalue weighted by molar-refractivity contribution is -0.151. The molecule has 9 nitrogen and oxygen atoms in total. The van der Waals surface area contributed by atoms with Gasteiger partial charge in [0.2, 0.25) is 11.7 Å². The van der Waals surface area contributed by atoms with E-state index in [1.807, 2.05) is 0 Å². The van der Waals surface area contributed by atoms with E-state index < -0.39 is 0 Å². The van der Waals surface area contributed by atoms with Crippen LogP contribution in [0.3, 0.4) is 0 Å². The highest BCUT2D eigenvalue weighted by molar-refractivity contribution is 5.97. The first-order chi connectivity index (χ1) is 14.4. The van der Waals surface area contributed by atoms with Crippen molar-refractivity contribution in [1.29, 1.82) is 0 Å². The number of ether oxygens (including phenoxy) is 4. The van der Waals surface area contributed by atoms with Gasteiger partial charge in [-0.25, -0.2) is 0 Å². The Morgan fingerprint density at radius 2 is 2.00 bits per heavy atom. The summed E-state index contributed by atoms with van der Waals surface area (Å²) in [6, 6.07) is 3.17. The second-order valence-electron chi connectivity index (χ2n) is 7.29. The second kappa shape index (κ2) is 9.69. The molecule has 2 aliphatic heterocycles. The standard InChI is InChI=1S/C21H28N2O7/c1-4-28-21(26)14-6-5-7-23(12-14)18(24)13-22(2)20(25)15-10-16(27-3)19-17(11-15)29-8-9-30-19/h10-11,14H,4-9,12-13H2,1-3H3. The third-order valence-electron chi connectivity index (χ3n) is 5.19. The Kier molecular flexibility index (Phi) is 7.02. The molecule has 1 aromatic carbocycles. The molecule has 9 heteroatoms. The molecule has 2 aliphatic rings. The Hall–Kier alpha value is -2.97. The van der Waals surface area contributed by atoms with Crippen LogP contribution in [0.1, 0.15) is 30.1 Å². The maximum absolute atomic E-state index is 12.9. The van der Waals surface area contributed by atoms with E-state index in [4.69, 9.17) is 18.9 Å². The molecular formula is C21H28N2O7. The molecule has 0 N–H and O–H groups in total. The van der Waals surface area contributed by atoms with Crippen molar-refractivity contribution in [3.63, 3.8) is 0 Å². The third kappa shape index (κ3) is 4.77. The molecule has 164 valence electrons. The highest BCUT2D eigenvalue weighted by Gasteiger charge is 2.30. The van der Waals surface area contributed by atoms with Gasteiger partial charge < -0.3 is 28.7 Å². The van der Waals surface area contributed by atoms with Crippen molar-refractivity contribution < 1.29 is 33.3 Å². The van der Waals surface area contributed by atoms with Gasteiger partial charge >= 0.3 is 5.97 Å². The van der Waals surface area contributed by atoms with Crippen LogP contribution in [-0.4, -0.2) is 81.2 Å². The first kappa shape index (κ1) is 21.7. The van der Waals surface area contributed by atoms with E-state index in [0.717, 1.165) is 6.42 Å². The average molecular weight is 420 g/mol. The molecule has 3 rings (SSSR count). The summed E-state index contributed by atoms with van der Waals surface area (Å²) in [5.74, 6) is 0.188. The number of likely N-dealkylation sites (N-methyl/N-ethyl adjacent to an activating group) is 1. The number of amides is 2. The maximum Gasteiger partial charge on any atom is 0.310 e.